The molecule has 23 heavy (non-hydrogen) atoms. The Hall–Kier alpha value is -2.11. The number of carbonyl (C=O) groups excluding carboxylic acids is 1. The van der Waals surface area contributed by atoms with E-state index in [4.69, 9.17) is 21.1 Å². The number of nitrogens with one attached hydrogen (secondary N) is 1. The fraction of sp³-hybridized carbons (Fsp3) is 0.235. The van der Waals surface area contributed by atoms with Crippen molar-refractivity contribution in [3.8, 4) is 5.75 Å². The first-order chi connectivity index (χ1) is 11.1. The lowest BCUT2D eigenvalue weighted by molar-refractivity contribution is -0.123. The number of hydrogen-bond acceptors (Lipinski definition) is 3. The van der Waals surface area contributed by atoms with Crippen LogP contribution in [-0.2, 0) is 9.53 Å². The molecule has 2 rings (SSSR count). The van der Waals surface area contributed by atoms with Gasteiger partial charge in [-0.05, 0) is 30.3 Å². The lowest BCUT2D eigenvalue weighted by atomic mass is 10.1. The minimum atomic E-state index is -0.357. The summed E-state index contributed by atoms with van der Waals surface area (Å²) in [6.45, 7) is 0.108. The molecule has 1 atom stereocenters. The fourth-order valence-electron chi connectivity index (χ4n) is 1.99. The van der Waals surface area contributed by atoms with Crippen molar-refractivity contribution in [2.45, 2.75) is 6.10 Å². The molecule has 4 nitrogen and oxygen atoms in total. The topological polar surface area (TPSA) is 47.6 Å². The Morgan fingerprint density at radius 2 is 1.91 bits per heavy atom. The van der Waals surface area contributed by atoms with Crippen LogP contribution in [0.5, 0.6) is 5.75 Å². The number of methoxy groups -OCH3 is 1. The van der Waals surface area contributed by atoms with E-state index in [0.717, 1.165) is 5.56 Å². The Labute approximate surface area is 139 Å². The van der Waals surface area contributed by atoms with Crippen LogP contribution in [0.15, 0.2) is 48.5 Å². The van der Waals surface area contributed by atoms with Crippen molar-refractivity contribution in [1.82, 2.24) is 5.32 Å². The summed E-state index contributed by atoms with van der Waals surface area (Å²) in [7, 11) is 1.55. The Bertz CT molecular complexity index is 649. The number of carbonyl (C=O) groups is 1. The standard InChI is InChI=1S/C17H17ClFNO3/c1-22-16(14-4-2-3-5-15(14)18)10-20-17(21)11-23-13-8-6-12(19)7-9-13/h2-9,16H,10-11H2,1H3,(H,20,21). The van der Waals surface area contributed by atoms with Crippen LogP contribution in [0.4, 0.5) is 4.39 Å². The molecule has 0 bridgehead atoms. The van der Waals surface area contributed by atoms with E-state index in [1.807, 2.05) is 18.2 Å². The molecule has 0 radical (unpaired) electrons. The molecule has 1 amide bonds. The maximum Gasteiger partial charge on any atom is 0.258 e. The summed E-state index contributed by atoms with van der Waals surface area (Å²) in [4.78, 5) is 11.8. The summed E-state index contributed by atoms with van der Waals surface area (Å²) in [6.07, 6.45) is -0.349. The molecule has 2 aromatic carbocycles. The van der Waals surface area contributed by atoms with Gasteiger partial charge in [0.2, 0.25) is 0 Å². The maximum absolute atomic E-state index is 12.8. The van der Waals surface area contributed by atoms with Crippen LogP contribution in [-0.4, -0.2) is 26.2 Å². The molecule has 0 fully saturated rings. The van der Waals surface area contributed by atoms with Crippen LogP contribution in [0.2, 0.25) is 5.02 Å². The van der Waals surface area contributed by atoms with E-state index >= 15 is 0 Å². The van der Waals surface area contributed by atoms with Crippen molar-refractivity contribution in [1.29, 1.82) is 0 Å². The second-order valence-corrected chi connectivity index (χ2v) is 5.20. The maximum atomic E-state index is 12.8. The SMILES string of the molecule is COC(CNC(=O)COc1ccc(F)cc1)c1ccccc1Cl. The number of amides is 1. The normalized spacial score (nSPS) is 11.8. The van der Waals surface area contributed by atoms with E-state index < -0.39 is 0 Å². The van der Waals surface area contributed by atoms with E-state index in [1.165, 1.54) is 24.3 Å². The highest BCUT2D eigenvalue weighted by Gasteiger charge is 2.15. The first-order valence-corrected chi connectivity index (χ1v) is 7.40. The van der Waals surface area contributed by atoms with Crippen LogP contribution in [0.25, 0.3) is 0 Å². The average Bonchev–Trinajstić information content (AvgIpc) is 2.56. The van der Waals surface area contributed by atoms with Crippen LogP contribution in [0, 0.1) is 5.82 Å². The highest BCUT2D eigenvalue weighted by molar-refractivity contribution is 6.31. The van der Waals surface area contributed by atoms with Gasteiger partial charge in [0, 0.05) is 24.2 Å². The third-order valence-electron chi connectivity index (χ3n) is 3.20. The van der Waals surface area contributed by atoms with Gasteiger partial charge in [0.15, 0.2) is 6.61 Å². The van der Waals surface area contributed by atoms with Gasteiger partial charge in [-0.25, -0.2) is 4.39 Å². The Morgan fingerprint density at radius 3 is 2.57 bits per heavy atom. The second kappa shape index (κ2) is 8.50. The number of hydrogen-bond donors (Lipinski definition) is 1. The first kappa shape index (κ1) is 17.2. The summed E-state index contributed by atoms with van der Waals surface area (Å²) in [6, 6.07) is 12.8. The van der Waals surface area contributed by atoms with Crippen molar-refractivity contribution < 1.29 is 18.7 Å². The molecule has 0 aromatic heterocycles. The highest BCUT2D eigenvalue weighted by Crippen LogP contribution is 2.24. The Kier molecular flexibility index (Phi) is 6.38. The molecule has 6 heteroatoms. The third-order valence-corrected chi connectivity index (χ3v) is 3.55. The molecule has 2 aromatic rings. The lowest BCUT2D eigenvalue weighted by Crippen LogP contribution is -2.33. The van der Waals surface area contributed by atoms with E-state index in [0.29, 0.717) is 10.8 Å². The largest absolute Gasteiger partial charge is 0.484 e. The summed E-state index contributed by atoms with van der Waals surface area (Å²) >= 11 is 6.12. The van der Waals surface area contributed by atoms with Crippen LogP contribution >= 0.6 is 11.6 Å². The summed E-state index contributed by atoms with van der Waals surface area (Å²) in [5.74, 6) is -0.233. The number of rotatable bonds is 7. The van der Waals surface area contributed by atoms with E-state index in [2.05, 4.69) is 5.32 Å². The third kappa shape index (κ3) is 5.23. The van der Waals surface area contributed by atoms with Gasteiger partial charge in [-0.2, -0.15) is 0 Å². The monoisotopic (exact) mass is 337 g/mol. The number of halogens is 2. The molecule has 122 valence electrons. The van der Waals surface area contributed by atoms with Crippen molar-refractivity contribution in [3.63, 3.8) is 0 Å². The predicted molar refractivity (Wildman–Crippen MR) is 86.1 cm³/mol. The molecule has 0 spiro atoms. The lowest BCUT2D eigenvalue weighted by Gasteiger charge is -2.17. The van der Waals surface area contributed by atoms with Crippen molar-refractivity contribution in [2.75, 3.05) is 20.3 Å². The van der Waals surface area contributed by atoms with Gasteiger partial charge in [-0.3, -0.25) is 4.79 Å². The number of benzene rings is 2. The van der Waals surface area contributed by atoms with Gasteiger partial charge in [-0.1, -0.05) is 29.8 Å². The zero-order valence-electron chi connectivity index (χ0n) is 12.6. The van der Waals surface area contributed by atoms with Gasteiger partial charge in [0.25, 0.3) is 5.91 Å². The average molecular weight is 338 g/mol. The molecule has 1 N–H and O–H groups in total. The van der Waals surface area contributed by atoms with E-state index in [1.54, 1.807) is 13.2 Å². The van der Waals surface area contributed by atoms with Crippen molar-refractivity contribution >= 4 is 17.5 Å². The van der Waals surface area contributed by atoms with Crippen LogP contribution < -0.4 is 10.1 Å². The predicted octanol–water partition coefficient (Wildman–Crippen LogP) is 3.36. The number of ether oxygens (including phenoxy) is 2. The summed E-state index contributed by atoms with van der Waals surface area (Å²) in [5.41, 5.74) is 0.802. The molecular formula is C17H17ClFNO3. The second-order valence-electron chi connectivity index (χ2n) is 4.79. The van der Waals surface area contributed by atoms with Gasteiger partial charge < -0.3 is 14.8 Å². The Morgan fingerprint density at radius 1 is 1.22 bits per heavy atom. The van der Waals surface area contributed by atoms with Gasteiger partial charge >= 0.3 is 0 Å². The van der Waals surface area contributed by atoms with Crippen molar-refractivity contribution in [3.05, 3.63) is 64.9 Å². The summed E-state index contributed by atoms with van der Waals surface area (Å²) in [5, 5.41) is 3.30. The molecule has 0 heterocycles. The molecule has 1 unspecified atom stereocenters. The smallest absolute Gasteiger partial charge is 0.258 e. The zero-order chi connectivity index (χ0) is 16.7. The van der Waals surface area contributed by atoms with Crippen LogP contribution in [0.1, 0.15) is 11.7 Å². The van der Waals surface area contributed by atoms with Gasteiger partial charge in [-0.15, -0.1) is 0 Å². The Balaban J connectivity index is 1.83. The van der Waals surface area contributed by atoms with Crippen LogP contribution in [0.3, 0.4) is 0 Å². The highest BCUT2D eigenvalue weighted by atomic mass is 35.5. The minimum Gasteiger partial charge on any atom is -0.484 e. The molecule has 0 aliphatic carbocycles. The zero-order valence-corrected chi connectivity index (χ0v) is 13.3. The quantitative estimate of drug-likeness (QED) is 0.842. The van der Waals surface area contributed by atoms with Crippen molar-refractivity contribution in [2.24, 2.45) is 0 Å². The molecule has 0 saturated heterocycles. The van der Waals surface area contributed by atoms with E-state index in [9.17, 15) is 9.18 Å². The minimum absolute atomic E-state index is 0.162. The molecule has 0 aliphatic rings. The van der Waals surface area contributed by atoms with E-state index in [-0.39, 0.29) is 31.0 Å². The van der Waals surface area contributed by atoms with Gasteiger partial charge in [0.1, 0.15) is 17.7 Å². The summed E-state index contributed by atoms with van der Waals surface area (Å²) < 4.78 is 23.4. The fourth-order valence-corrected chi connectivity index (χ4v) is 2.25. The molecular weight excluding hydrogens is 321 g/mol. The van der Waals surface area contributed by atoms with Gasteiger partial charge in [0.05, 0.1) is 0 Å². The first-order valence-electron chi connectivity index (χ1n) is 7.02. The molecule has 0 aliphatic heterocycles. The molecule has 0 saturated carbocycles.